The molecule has 0 spiro atoms. The summed E-state index contributed by atoms with van der Waals surface area (Å²) in [4.78, 5) is 2.68. The van der Waals surface area contributed by atoms with Crippen molar-refractivity contribution < 1.29 is 0 Å². The number of hydrogen-bond donors (Lipinski definition) is 1. The number of hydrogen-bond acceptors (Lipinski definition) is 2. The molecular formula is C15H30N2. The van der Waals surface area contributed by atoms with E-state index in [0.717, 1.165) is 17.9 Å². The standard InChI is InChI=1S/C15H30N2/c1-3-13-8-9-16-15(10-13)12-17(4-2)11-14-6-5-7-14/h13-16H,3-12H2,1-2H3. The van der Waals surface area contributed by atoms with Gasteiger partial charge in [0.1, 0.15) is 0 Å². The van der Waals surface area contributed by atoms with Crippen LogP contribution in [0.1, 0.15) is 52.4 Å². The van der Waals surface area contributed by atoms with E-state index in [1.54, 1.807) is 0 Å². The molecule has 2 atom stereocenters. The van der Waals surface area contributed by atoms with Crippen LogP contribution in [-0.2, 0) is 0 Å². The molecular weight excluding hydrogens is 208 g/mol. The lowest BCUT2D eigenvalue weighted by molar-refractivity contribution is 0.153. The third-order valence-electron chi connectivity index (χ3n) is 4.85. The minimum atomic E-state index is 0.758. The monoisotopic (exact) mass is 238 g/mol. The second-order valence-electron chi connectivity index (χ2n) is 6.10. The molecule has 1 N–H and O–H groups in total. The van der Waals surface area contributed by atoms with Crippen molar-refractivity contribution in [3.05, 3.63) is 0 Å². The second kappa shape index (κ2) is 6.75. The number of rotatable bonds is 6. The van der Waals surface area contributed by atoms with Crippen molar-refractivity contribution in [3.8, 4) is 0 Å². The van der Waals surface area contributed by atoms with E-state index in [2.05, 4.69) is 24.1 Å². The molecule has 1 saturated carbocycles. The third-order valence-corrected chi connectivity index (χ3v) is 4.85. The van der Waals surface area contributed by atoms with Crippen molar-refractivity contribution in [2.45, 2.75) is 58.4 Å². The Balaban J connectivity index is 1.72. The molecule has 2 unspecified atom stereocenters. The quantitative estimate of drug-likeness (QED) is 0.765. The minimum Gasteiger partial charge on any atom is -0.313 e. The predicted molar refractivity (Wildman–Crippen MR) is 74.3 cm³/mol. The molecule has 0 aromatic heterocycles. The molecule has 2 aliphatic rings. The van der Waals surface area contributed by atoms with E-state index in [1.807, 2.05) is 0 Å². The number of nitrogens with zero attached hydrogens (tertiary/aromatic N) is 1. The number of nitrogens with one attached hydrogen (secondary N) is 1. The molecule has 17 heavy (non-hydrogen) atoms. The average Bonchev–Trinajstić information content (AvgIpc) is 2.32. The van der Waals surface area contributed by atoms with Gasteiger partial charge in [0, 0.05) is 19.1 Å². The molecule has 0 amide bonds. The first-order valence-electron chi connectivity index (χ1n) is 7.77. The van der Waals surface area contributed by atoms with Gasteiger partial charge in [0.05, 0.1) is 0 Å². The highest BCUT2D eigenvalue weighted by molar-refractivity contribution is 4.82. The summed E-state index contributed by atoms with van der Waals surface area (Å²) in [6.07, 6.45) is 8.59. The molecule has 2 heteroatoms. The third kappa shape index (κ3) is 3.96. The first-order chi connectivity index (χ1) is 8.31. The fraction of sp³-hybridized carbons (Fsp3) is 1.00. The Morgan fingerprint density at radius 1 is 1.06 bits per heavy atom. The lowest BCUT2D eigenvalue weighted by Crippen LogP contribution is -2.47. The molecule has 1 aliphatic carbocycles. The molecule has 1 saturated heterocycles. The van der Waals surface area contributed by atoms with Gasteiger partial charge < -0.3 is 10.2 Å². The largest absolute Gasteiger partial charge is 0.313 e. The predicted octanol–water partition coefficient (Wildman–Crippen LogP) is 2.89. The summed E-state index contributed by atoms with van der Waals surface area (Å²) in [6, 6.07) is 0.758. The van der Waals surface area contributed by atoms with E-state index < -0.39 is 0 Å². The van der Waals surface area contributed by atoms with E-state index in [4.69, 9.17) is 0 Å². The number of likely N-dealkylation sites (N-methyl/N-ethyl adjacent to an activating group) is 1. The highest BCUT2D eigenvalue weighted by Crippen LogP contribution is 2.27. The zero-order valence-electron chi connectivity index (χ0n) is 11.8. The SMILES string of the molecule is CCC1CCNC(CN(CC)CC2CCC2)C1. The van der Waals surface area contributed by atoms with Crippen LogP contribution in [0.2, 0.25) is 0 Å². The Hall–Kier alpha value is -0.0800. The second-order valence-corrected chi connectivity index (χ2v) is 6.10. The van der Waals surface area contributed by atoms with Crippen LogP contribution in [0.15, 0.2) is 0 Å². The summed E-state index contributed by atoms with van der Waals surface area (Å²) in [6.45, 7) is 9.77. The molecule has 2 rings (SSSR count). The van der Waals surface area contributed by atoms with E-state index in [9.17, 15) is 0 Å². The molecule has 0 aromatic carbocycles. The number of piperidine rings is 1. The highest BCUT2D eigenvalue weighted by Gasteiger charge is 2.24. The normalized spacial score (nSPS) is 30.5. The molecule has 2 fully saturated rings. The average molecular weight is 238 g/mol. The van der Waals surface area contributed by atoms with Crippen LogP contribution in [0.5, 0.6) is 0 Å². The Morgan fingerprint density at radius 2 is 1.88 bits per heavy atom. The van der Waals surface area contributed by atoms with Crippen molar-refractivity contribution >= 4 is 0 Å². The highest BCUT2D eigenvalue weighted by atomic mass is 15.1. The van der Waals surface area contributed by atoms with E-state index in [1.165, 1.54) is 64.7 Å². The molecule has 2 nitrogen and oxygen atoms in total. The summed E-state index contributed by atoms with van der Waals surface area (Å²) < 4.78 is 0. The van der Waals surface area contributed by atoms with Crippen LogP contribution in [-0.4, -0.2) is 37.1 Å². The van der Waals surface area contributed by atoms with Gasteiger partial charge in [-0.15, -0.1) is 0 Å². The first-order valence-corrected chi connectivity index (χ1v) is 7.77. The summed E-state index contributed by atoms with van der Waals surface area (Å²) in [5, 5.41) is 3.72. The van der Waals surface area contributed by atoms with Crippen molar-refractivity contribution in [1.29, 1.82) is 0 Å². The van der Waals surface area contributed by atoms with Gasteiger partial charge in [-0.3, -0.25) is 0 Å². The maximum absolute atomic E-state index is 3.72. The van der Waals surface area contributed by atoms with E-state index in [-0.39, 0.29) is 0 Å². The van der Waals surface area contributed by atoms with Gasteiger partial charge in [-0.05, 0) is 50.6 Å². The smallest absolute Gasteiger partial charge is 0.0197 e. The lowest BCUT2D eigenvalue weighted by atomic mass is 9.84. The maximum Gasteiger partial charge on any atom is 0.0197 e. The van der Waals surface area contributed by atoms with Crippen LogP contribution in [0.4, 0.5) is 0 Å². The Bertz CT molecular complexity index is 211. The van der Waals surface area contributed by atoms with Crippen LogP contribution < -0.4 is 5.32 Å². The zero-order chi connectivity index (χ0) is 12.1. The van der Waals surface area contributed by atoms with Crippen LogP contribution in [0.25, 0.3) is 0 Å². The van der Waals surface area contributed by atoms with Gasteiger partial charge in [0.15, 0.2) is 0 Å². The summed E-state index contributed by atoms with van der Waals surface area (Å²) in [7, 11) is 0. The Kier molecular flexibility index (Phi) is 5.30. The van der Waals surface area contributed by atoms with Crippen molar-refractivity contribution in [1.82, 2.24) is 10.2 Å². The summed E-state index contributed by atoms with van der Waals surface area (Å²) in [5.74, 6) is 1.99. The molecule has 0 radical (unpaired) electrons. The summed E-state index contributed by atoms with van der Waals surface area (Å²) >= 11 is 0. The van der Waals surface area contributed by atoms with E-state index in [0.29, 0.717) is 0 Å². The minimum absolute atomic E-state index is 0.758. The Morgan fingerprint density at radius 3 is 2.47 bits per heavy atom. The fourth-order valence-corrected chi connectivity index (χ4v) is 3.29. The Labute approximate surface area is 107 Å². The van der Waals surface area contributed by atoms with Crippen LogP contribution in [0.3, 0.4) is 0 Å². The molecule has 0 aromatic rings. The van der Waals surface area contributed by atoms with Crippen molar-refractivity contribution in [3.63, 3.8) is 0 Å². The van der Waals surface area contributed by atoms with E-state index >= 15 is 0 Å². The topological polar surface area (TPSA) is 15.3 Å². The molecule has 0 bridgehead atoms. The van der Waals surface area contributed by atoms with Gasteiger partial charge in [-0.2, -0.15) is 0 Å². The molecule has 1 aliphatic heterocycles. The van der Waals surface area contributed by atoms with Crippen LogP contribution in [0, 0.1) is 11.8 Å². The summed E-state index contributed by atoms with van der Waals surface area (Å²) in [5.41, 5.74) is 0. The van der Waals surface area contributed by atoms with Gasteiger partial charge in [-0.25, -0.2) is 0 Å². The fourth-order valence-electron chi connectivity index (χ4n) is 3.29. The van der Waals surface area contributed by atoms with Gasteiger partial charge in [0.25, 0.3) is 0 Å². The van der Waals surface area contributed by atoms with Crippen molar-refractivity contribution in [2.24, 2.45) is 11.8 Å². The first kappa shape index (κ1) is 13.4. The zero-order valence-corrected chi connectivity index (χ0v) is 11.8. The van der Waals surface area contributed by atoms with Gasteiger partial charge in [0.2, 0.25) is 0 Å². The lowest BCUT2D eigenvalue weighted by Gasteiger charge is -2.36. The van der Waals surface area contributed by atoms with Gasteiger partial charge in [-0.1, -0.05) is 26.7 Å². The molecule has 1 heterocycles. The molecule has 100 valence electrons. The maximum atomic E-state index is 3.72. The van der Waals surface area contributed by atoms with Crippen LogP contribution >= 0.6 is 0 Å². The van der Waals surface area contributed by atoms with Crippen molar-refractivity contribution in [2.75, 3.05) is 26.2 Å². The van der Waals surface area contributed by atoms with Gasteiger partial charge >= 0.3 is 0 Å².